The largest absolute Gasteiger partial charge is 0.484 e. The minimum Gasteiger partial charge on any atom is -0.484 e. The van der Waals surface area contributed by atoms with Crippen molar-refractivity contribution in [1.29, 1.82) is 0 Å². The van der Waals surface area contributed by atoms with E-state index in [1.807, 2.05) is 30.3 Å². The minimum atomic E-state index is -1.82. The van der Waals surface area contributed by atoms with Crippen LogP contribution in [0.1, 0.15) is 5.56 Å². The number of benzene rings is 2. The van der Waals surface area contributed by atoms with Crippen LogP contribution in [0.4, 0.5) is 5.69 Å². The number of carboxylic acids is 2. The molecule has 0 spiro atoms. The fourth-order valence-electron chi connectivity index (χ4n) is 2.95. The molecule has 0 aliphatic carbocycles. The summed E-state index contributed by atoms with van der Waals surface area (Å²) < 4.78 is 6.50. The van der Waals surface area contributed by atoms with Crippen LogP contribution >= 0.6 is 15.9 Å². The fourth-order valence-corrected chi connectivity index (χ4v) is 3.21. The zero-order chi connectivity index (χ0) is 24.4. The van der Waals surface area contributed by atoms with Crippen LogP contribution in [0.15, 0.2) is 53.0 Å². The summed E-state index contributed by atoms with van der Waals surface area (Å²) >= 11 is 3.36. The van der Waals surface area contributed by atoms with Gasteiger partial charge in [-0.05, 0) is 29.8 Å². The van der Waals surface area contributed by atoms with Gasteiger partial charge in [0.1, 0.15) is 5.75 Å². The normalized spacial score (nSPS) is 13.4. The number of halogens is 1. The average Bonchev–Trinajstić information content (AvgIpc) is 2.79. The van der Waals surface area contributed by atoms with Crippen molar-refractivity contribution in [3.8, 4) is 5.75 Å². The molecule has 1 heterocycles. The van der Waals surface area contributed by atoms with Gasteiger partial charge in [0.2, 0.25) is 0 Å². The van der Waals surface area contributed by atoms with Gasteiger partial charge in [-0.15, -0.1) is 0 Å². The maximum Gasteiger partial charge on any atom is 0.414 e. The van der Waals surface area contributed by atoms with Gasteiger partial charge in [-0.2, -0.15) is 0 Å². The highest BCUT2D eigenvalue weighted by molar-refractivity contribution is 9.10. The zero-order valence-electron chi connectivity index (χ0n) is 17.4. The summed E-state index contributed by atoms with van der Waals surface area (Å²) in [6, 6.07) is 14.0. The number of amides is 1. The van der Waals surface area contributed by atoms with Gasteiger partial charge in [0.25, 0.3) is 11.6 Å². The number of carbonyl (C=O) groups excluding carboxylic acids is 1. The lowest BCUT2D eigenvalue weighted by atomic mass is 10.1. The molecule has 3 rings (SSSR count). The maximum atomic E-state index is 12.3. The first-order chi connectivity index (χ1) is 15.7. The minimum absolute atomic E-state index is 0.0203. The molecule has 1 saturated heterocycles. The number of hydrogen-bond acceptors (Lipinski definition) is 7. The maximum absolute atomic E-state index is 12.3. The first-order valence-electron chi connectivity index (χ1n) is 9.73. The lowest BCUT2D eigenvalue weighted by molar-refractivity contribution is -0.384. The van der Waals surface area contributed by atoms with E-state index in [1.54, 1.807) is 17.0 Å². The average molecular weight is 524 g/mol. The van der Waals surface area contributed by atoms with Gasteiger partial charge in [0.05, 0.1) is 4.92 Å². The van der Waals surface area contributed by atoms with E-state index in [4.69, 9.17) is 24.5 Å². The number of ether oxygens (including phenoxy) is 1. The van der Waals surface area contributed by atoms with E-state index in [9.17, 15) is 14.9 Å². The molecule has 0 atom stereocenters. The standard InChI is InChI=1S/C19H20BrN3O4.C2H2O4/c20-16-4-6-18(7-5-16)27-14-19(24)22-10-8-21(9-11-22)13-15-2-1-3-17(12-15)23(25)26;3-1(4)2(5)6/h1-7,12H,8-11,13-14H2;(H,3,4)(H,5,6). The van der Waals surface area contributed by atoms with Crippen molar-refractivity contribution in [2.24, 2.45) is 0 Å². The quantitative estimate of drug-likeness (QED) is 0.329. The second-order valence-corrected chi connectivity index (χ2v) is 7.85. The van der Waals surface area contributed by atoms with Gasteiger partial charge in [0.15, 0.2) is 6.61 Å². The number of carboxylic acid groups (broad SMARTS) is 2. The van der Waals surface area contributed by atoms with Gasteiger partial charge < -0.3 is 19.8 Å². The molecule has 0 unspecified atom stereocenters. The van der Waals surface area contributed by atoms with Crippen LogP contribution in [0.3, 0.4) is 0 Å². The highest BCUT2D eigenvalue weighted by Gasteiger charge is 2.21. The lowest BCUT2D eigenvalue weighted by Crippen LogP contribution is -2.49. The number of rotatable bonds is 6. The fraction of sp³-hybridized carbons (Fsp3) is 0.286. The van der Waals surface area contributed by atoms with Crippen LogP contribution in [-0.4, -0.2) is 75.6 Å². The van der Waals surface area contributed by atoms with Crippen LogP contribution in [0.2, 0.25) is 0 Å². The van der Waals surface area contributed by atoms with Crippen LogP contribution in [-0.2, 0) is 20.9 Å². The molecule has 0 bridgehead atoms. The van der Waals surface area contributed by atoms with Gasteiger partial charge in [-0.1, -0.05) is 28.1 Å². The Morgan fingerprint density at radius 1 is 1.00 bits per heavy atom. The molecule has 0 radical (unpaired) electrons. The molecule has 0 saturated carbocycles. The second-order valence-electron chi connectivity index (χ2n) is 6.94. The summed E-state index contributed by atoms with van der Waals surface area (Å²) in [5.41, 5.74) is 1.01. The smallest absolute Gasteiger partial charge is 0.414 e. The Bertz CT molecular complexity index is 979. The number of aliphatic carboxylic acids is 2. The van der Waals surface area contributed by atoms with Crippen molar-refractivity contribution in [1.82, 2.24) is 9.80 Å². The Labute approximate surface area is 197 Å². The number of nitro groups is 1. The third-order valence-electron chi connectivity index (χ3n) is 4.61. The Morgan fingerprint density at radius 3 is 2.15 bits per heavy atom. The van der Waals surface area contributed by atoms with Crippen molar-refractivity contribution >= 4 is 39.5 Å². The molecule has 176 valence electrons. The van der Waals surface area contributed by atoms with E-state index in [2.05, 4.69) is 20.8 Å². The molecule has 0 aromatic heterocycles. The Morgan fingerprint density at radius 2 is 1.61 bits per heavy atom. The van der Waals surface area contributed by atoms with Gasteiger partial charge in [0, 0.05) is 49.3 Å². The van der Waals surface area contributed by atoms with E-state index >= 15 is 0 Å². The third kappa shape index (κ3) is 8.86. The van der Waals surface area contributed by atoms with Crippen LogP contribution in [0.5, 0.6) is 5.75 Å². The van der Waals surface area contributed by atoms with Crippen molar-refractivity contribution in [2.45, 2.75) is 6.54 Å². The Balaban J connectivity index is 0.000000569. The van der Waals surface area contributed by atoms with Crippen LogP contribution in [0.25, 0.3) is 0 Å². The summed E-state index contributed by atoms with van der Waals surface area (Å²) in [4.78, 5) is 45.0. The molecule has 1 aliphatic rings. The predicted octanol–water partition coefficient (Wildman–Crippen LogP) is 2.24. The highest BCUT2D eigenvalue weighted by atomic mass is 79.9. The second kappa shape index (κ2) is 12.5. The molecule has 1 fully saturated rings. The first-order valence-corrected chi connectivity index (χ1v) is 10.5. The van der Waals surface area contributed by atoms with Crippen molar-refractivity contribution < 1.29 is 34.3 Å². The van der Waals surface area contributed by atoms with Gasteiger partial charge >= 0.3 is 11.9 Å². The summed E-state index contributed by atoms with van der Waals surface area (Å²) in [5, 5.41) is 25.7. The molecule has 12 heteroatoms. The van der Waals surface area contributed by atoms with E-state index in [1.165, 1.54) is 6.07 Å². The van der Waals surface area contributed by atoms with Gasteiger partial charge in [-0.3, -0.25) is 19.8 Å². The molecule has 33 heavy (non-hydrogen) atoms. The van der Waals surface area contributed by atoms with Crippen molar-refractivity contribution in [2.75, 3.05) is 32.8 Å². The number of carbonyl (C=O) groups is 3. The summed E-state index contributed by atoms with van der Waals surface area (Å²) in [6.07, 6.45) is 0. The SMILES string of the molecule is O=C(COc1ccc(Br)cc1)N1CCN(Cc2cccc([N+](=O)[O-])c2)CC1.O=C(O)C(=O)O. The topological polar surface area (TPSA) is 151 Å². The zero-order valence-corrected chi connectivity index (χ0v) is 19.0. The molecule has 1 aliphatic heterocycles. The Kier molecular flexibility index (Phi) is 9.76. The predicted molar refractivity (Wildman–Crippen MR) is 120 cm³/mol. The van der Waals surface area contributed by atoms with Crippen LogP contribution < -0.4 is 4.74 Å². The molecular weight excluding hydrogens is 502 g/mol. The lowest BCUT2D eigenvalue weighted by Gasteiger charge is -2.34. The van der Waals surface area contributed by atoms with Crippen molar-refractivity contribution in [3.05, 3.63) is 68.7 Å². The monoisotopic (exact) mass is 523 g/mol. The van der Waals surface area contributed by atoms with Crippen molar-refractivity contribution in [3.63, 3.8) is 0 Å². The number of nitro benzene ring substituents is 1. The summed E-state index contributed by atoms with van der Waals surface area (Å²) in [5.74, 6) is -3.02. The van der Waals surface area contributed by atoms with E-state index in [0.717, 1.165) is 23.1 Å². The van der Waals surface area contributed by atoms with E-state index in [-0.39, 0.29) is 23.1 Å². The molecule has 1 amide bonds. The molecule has 2 N–H and O–H groups in total. The van der Waals surface area contributed by atoms with E-state index < -0.39 is 11.9 Å². The number of hydrogen-bond donors (Lipinski definition) is 2. The highest BCUT2D eigenvalue weighted by Crippen LogP contribution is 2.17. The van der Waals surface area contributed by atoms with E-state index in [0.29, 0.717) is 25.4 Å². The molecule has 11 nitrogen and oxygen atoms in total. The first kappa shape index (κ1) is 25.7. The number of nitrogens with zero attached hydrogens (tertiary/aromatic N) is 3. The molecular formula is C21H22BrN3O8. The molecule has 2 aromatic carbocycles. The van der Waals surface area contributed by atoms with Gasteiger partial charge in [-0.25, -0.2) is 9.59 Å². The Hall–Kier alpha value is -3.51. The number of non-ortho nitro benzene ring substituents is 1. The molecule has 2 aromatic rings. The van der Waals surface area contributed by atoms with Crippen LogP contribution in [0, 0.1) is 10.1 Å². The summed E-state index contributed by atoms with van der Waals surface area (Å²) in [7, 11) is 0. The number of piperazine rings is 1. The third-order valence-corrected chi connectivity index (χ3v) is 5.14. The summed E-state index contributed by atoms with van der Waals surface area (Å²) in [6.45, 7) is 3.36.